The molecule has 9 heteroatoms. The predicted molar refractivity (Wildman–Crippen MR) is 110 cm³/mol. The Bertz CT molecular complexity index is 1120. The molecule has 0 unspecified atom stereocenters. The van der Waals surface area contributed by atoms with Gasteiger partial charge in [-0.2, -0.15) is 10.1 Å². The van der Waals surface area contributed by atoms with Crippen molar-refractivity contribution in [1.82, 2.24) is 24.8 Å². The minimum Gasteiger partial charge on any atom is -0.377 e. The molecule has 1 aromatic carbocycles. The van der Waals surface area contributed by atoms with E-state index in [4.69, 9.17) is 19.0 Å². The first-order valence-corrected chi connectivity index (χ1v) is 10.9. The van der Waals surface area contributed by atoms with E-state index in [0.29, 0.717) is 32.2 Å². The first-order chi connectivity index (χ1) is 15.2. The van der Waals surface area contributed by atoms with Crippen LogP contribution in [0.5, 0.6) is 0 Å². The van der Waals surface area contributed by atoms with Gasteiger partial charge in [0.15, 0.2) is 5.82 Å². The summed E-state index contributed by atoms with van der Waals surface area (Å²) in [5, 5.41) is 9.85. The van der Waals surface area contributed by atoms with Gasteiger partial charge in [-0.1, -0.05) is 11.2 Å². The van der Waals surface area contributed by atoms with Crippen molar-refractivity contribution in [2.45, 2.75) is 43.2 Å². The van der Waals surface area contributed by atoms with E-state index in [1.165, 1.54) is 0 Å². The fraction of sp³-hybridized carbons (Fsp3) is 0.545. The molecule has 31 heavy (non-hydrogen) atoms. The van der Waals surface area contributed by atoms with E-state index < -0.39 is 5.60 Å². The minimum absolute atomic E-state index is 0.129. The van der Waals surface area contributed by atoms with Gasteiger partial charge in [0.25, 0.3) is 11.8 Å². The lowest BCUT2D eigenvalue weighted by Crippen LogP contribution is -2.45. The van der Waals surface area contributed by atoms with Gasteiger partial charge in [-0.25, -0.2) is 0 Å². The van der Waals surface area contributed by atoms with Crippen molar-refractivity contribution in [2.24, 2.45) is 0 Å². The summed E-state index contributed by atoms with van der Waals surface area (Å²) in [4.78, 5) is 19.3. The zero-order valence-electron chi connectivity index (χ0n) is 17.5. The number of ether oxygens (including phenoxy) is 2. The molecule has 0 bridgehead atoms. The van der Waals surface area contributed by atoms with Crippen molar-refractivity contribution in [3.8, 4) is 11.5 Å². The van der Waals surface area contributed by atoms with Crippen LogP contribution in [0.15, 0.2) is 28.9 Å². The minimum atomic E-state index is -0.553. The van der Waals surface area contributed by atoms with E-state index >= 15 is 0 Å². The molecule has 0 N–H and O–H groups in total. The summed E-state index contributed by atoms with van der Waals surface area (Å²) in [7, 11) is 1.63. The molecule has 3 aliphatic rings. The summed E-state index contributed by atoms with van der Waals surface area (Å²) in [6.07, 6.45) is 5.19. The maximum atomic E-state index is 12.7. The highest BCUT2D eigenvalue weighted by Gasteiger charge is 2.52. The number of methoxy groups -OCH3 is 1. The maximum Gasteiger partial charge on any atom is 0.258 e. The molecule has 0 radical (unpaired) electrons. The number of amides is 1. The largest absolute Gasteiger partial charge is 0.377 e. The van der Waals surface area contributed by atoms with Gasteiger partial charge < -0.3 is 18.9 Å². The Kier molecular flexibility index (Phi) is 4.36. The number of carbonyl (C=O) groups excluding carboxylic acids is 1. The molecule has 1 amide bonds. The Labute approximate surface area is 179 Å². The summed E-state index contributed by atoms with van der Waals surface area (Å²) in [6.45, 7) is 2.79. The van der Waals surface area contributed by atoms with Crippen LogP contribution in [-0.2, 0) is 14.3 Å². The van der Waals surface area contributed by atoms with Crippen molar-refractivity contribution in [2.75, 3.05) is 33.4 Å². The quantitative estimate of drug-likeness (QED) is 0.622. The van der Waals surface area contributed by atoms with Gasteiger partial charge in [-0.3, -0.25) is 9.48 Å². The van der Waals surface area contributed by atoms with Crippen LogP contribution in [0.4, 0.5) is 0 Å². The van der Waals surface area contributed by atoms with Gasteiger partial charge in [-0.05, 0) is 37.8 Å². The first-order valence-electron chi connectivity index (χ1n) is 10.9. The summed E-state index contributed by atoms with van der Waals surface area (Å²) < 4.78 is 18.4. The summed E-state index contributed by atoms with van der Waals surface area (Å²) in [5.74, 6) is 1.56. The molecule has 6 rings (SSSR count). The second-order valence-electron chi connectivity index (χ2n) is 8.78. The van der Waals surface area contributed by atoms with Crippen LogP contribution < -0.4 is 0 Å². The molecule has 1 aliphatic carbocycles. The monoisotopic (exact) mass is 423 g/mol. The number of rotatable bonds is 5. The number of carbonyl (C=O) groups is 1. The Balaban J connectivity index is 1.17. The molecule has 4 heterocycles. The summed E-state index contributed by atoms with van der Waals surface area (Å²) in [6, 6.07) is 6.36. The Morgan fingerprint density at radius 3 is 2.71 bits per heavy atom. The number of hydrogen-bond donors (Lipinski definition) is 0. The lowest BCUT2D eigenvalue weighted by atomic mass is 9.95. The van der Waals surface area contributed by atoms with Crippen LogP contribution in [0.3, 0.4) is 0 Å². The highest BCUT2D eigenvalue weighted by molar-refractivity contribution is 5.88. The third-order valence-electron chi connectivity index (χ3n) is 6.89. The van der Waals surface area contributed by atoms with Gasteiger partial charge in [0.1, 0.15) is 5.60 Å². The smallest absolute Gasteiger partial charge is 0.258 e. The van der Waals surface area contributed by atoms with Crippen LogP contribution >= 0.6 is 0 Å². The molecule has 9 nitrogen and oxygen atoms in total. The predicted octanol–water partition coefficient (Wildman–Crippen LogP) is 2.54. The molecular formula is C22H25N5O4. The average Bonchev–Trinajstić information content (AvgIpc) is 3.23. The summed E-state index contributed by atoms with van der Waals surface area (Å²) >= 11 is 0. The Hall–Kier alpha value is -2.78. The van der Waals surface area contributed by atoms with E-state index in [0.717, 1.165) is 48.0 Å². The van der Waals surface area contributed by atoms with Crippen molar-refractivity contribution in [1.29, 1.82) is 0 Å². The maximum absolute atomic E-state index is 12.7. The van der Waals surface area contributed by atoms with Gasteiger partial charge in [0.05, 0.1) is 31.0 Å². The van der Waals surface area contributed by atoms with Gasteiger partial charge >= 0.3 is 0 Å². The fourth-order valence-corrected chi connectivity index (χ4v) is 4.59. The highest BCUT2D eigenvalue weighted by Crippen LogP contribution is 2.41. The molecule has 162 valence electrons. The molecule has 0 spiro atoms. The van der Waals surface area contributed by atoms with Gasteiger partial charge in [0, 0.05) is 37.1 Å². The molecule has 3 aromatic rings. The van der Waals surface area contributed by atoms with Crippen LogP contribution in [0.25, 0.3) is 22.4 Å². The first kappa shape index (κ1) is 18.9. The number of benzene rings is 1. The van der Waals surface area contributed by atoms with Crippen LogP contribution in [0, 0.1) is 0 Å². The SMILES string of the molecule is COC1(C(=O)N2CCC(c3noc(-c4ccc5cnn(C6COC6)c5c4)n3)CC2)CC1. The molecule has 2 saturated heterocycles. The van der Waals surface area contributed by atoms with E-state index in [1.807, 2.05) is 27.9 Å². The lowest BCUT2D eigenvalue weighted by molar-refractivity contribution is -0.145. The van der Waals surface area contributed by atoms with E-state index in [1.54, 1.807) is 7.11 Å². The molecule has 2 aromatic heterocycles. The van der Waals surface area contributed by atoms with E-state index in [9.17, 15) is 4.79 Å². The molecule has 0 atom stereocenters. The van der Waals surface area contributed by atoms with E-state index in [-0.39, 0.29) is 17.9 Å². The highest BCUT2D eigenvalue weighted by atomic mass is 16.5. The molecule has 1 saturated carbocycles. The number of piperidine rings is 1. The Morgan fingerprint density at radius 2 is 2.03 bits per heavy atom. The number of aromatic nitrogens is 4. The summed E-state index contributed by atoms with van der Waals surface area (Å²) in [5.41, 5.74) is 1.38. The topological polar surface area (TPSA) is 95.5 Å². The van der Waals surface area contributed by atoms with E-state index in [2.05, 4.69) is 16.3 Å². The average molecular weight is 423 g/mol. The number of hydrogen-bond acceptors (Lipinski definition) is 7. The number of fused-ring (bicyclic) bond motifs is 1. The standard InChI is InChI=1S/C22H25N5O4/c1-29-22(6-7-22)21(28)26-8-4-14(5-9-26)19-24-20(31-25-19)15-2-3-16-11-23-27(18(16)10-15)17-12-30-13-17/h2-3,10-11,14,17H,4-9,12-13H2,1H3. The third kappa shape index (κ3) is 3.14. The zero-order valence-corrected chi connectivity index (χ0v) is 17.5. The van der Waals surface area contributed by atoms with Gasteiger partial charge in [0.2, 0.25) is 0 Å². The van der Waals surface area contributed by atoms with Crippen molar-refractivity contribution >= 4 is 16.8 Å². The fourth-order valence-electron chi connectivity index (χ4n) is 4.59. The normalized spacial score (nSPS) is 21.4. The van der Waals surface area contributed by atoms with Gasteiger partial charge in [-0.15, -0.1) is 0 Å². The van der Waals surface area contributed by atoms with Crippen LogP contribution in [0.1, 0.15) is 43.5 Å². The molecule has 3 fully saturated rings. The van der Waals surface area contributed by atoms with Crippen LogP contribution in [0.2, 0.25) is 0 Å². The third-order valence-corrected chi connectivity index (χ3v) is 6.89. The van der Waals surface area contributed by atoms with Crippen molar-refractivity contribution in [3.63, 3.8) is 0 Å². The second kappa shape index (κ2) is 7.13. The lowest BCUT2D eigenvalue weighted by Gasteiger charge is -2.32. The number of likely N-dealkylation sites (tertiary alicyclic amines) is 1. The zero-order chi connectivity index (χ0) is 21.0. The van der Waals surface area contributed by atoms with Crippen molar-refractivity contribution < 1.29 is 18.8 Å². The molecular weight excluding hydrogens is 398 g/mol. The number of nitrogens with zero attached hydrogens (tertiary/aromatic N) is 5. The van der Waals surface area contributed by atoms with Crippen LogP contribution in [-0.4, -0.2) is 69.7 Å². The Morgan fingerprint density at radius 1 is 1.23 bits per heavy atom. The van der Waals surface area contributed by atoms with Crippen molar-refractivity contribution in [3.05, 3.63) is 30.2 Å². The second-order valence-corrected chi connectivity index (χ2v) is 8.78. The molecule has 2 aliphatic heterocycles.